The molecule has 2 nitrogen and oxygen atoms in total. The fourth-order valence-corrected chi connectivity index (χ4v) is 2.31. The maximum Gasteiger partial charge on any atom is 0.146 e. The van der Waals surface area contributed by atoms with E-state index in [1.807, 2.05) is 6.08 Å². The molecule has 0 saturated carbocycles. The highest BCUT2D eigenvalue weighted by molar-refractivity contribution is 5.75. The zero-order valence-corrected chi connectivity index (χ0v) is 12.8. The number of allylic oxidation sites excluding steroid dienone is 2. The van der Waals surface area contributed by atoms with Gasteiger partial charge in [-0.15, -0.1) is 0 Å². The Balaban J connectivity index is 3.38. The van der Waals surface area contributed by atoms with Crippen LogP contribution in [0.25, 0.3) is 0 Å². The second-order valence-corrected chi connectivity index (χ2v) is 7.18. The number of hydrogen-bond donors (Lipinski definition) is 0. The highest BCUT2D eigenvalue weighted by Crippen LogP contribution is 2.44. The summed E-state index contributed by atoms with van der Waals surface area (Å²) < 4.78 is 5.79. The molecule has 0 fully saturated rings. The molecule has 18 heavy (non-hydrogen) atoms. The summed E-state index contributed by atoms with van der Waals surface area (Å²) in [7, 11) is 1.71. The summed E-state index contributed by atoms with van der Waals surface area (Å²) in [6.45, 7) is 12.9. The molecule has 0 radical (unpaired) electrons. The fraction of sp³-hybridized carbons (Fsp3) is 0.688. The summed E-state index contributed by atoms with van der Waals surface area (Å²) >= 11 is 0. The van der Waals surface area contributed by atoms with E-state index in [1.165, 1.54) is 5.57 Å². The lowest BCUT2D eigenvalue weighted by Gasteiger charge is -2.43. The van der Waals surface area contributed by atoms with E-state index in [4.69, 9.17) is 4.74 Å². The van der Waals surface area contributed by atoms with Crippen molar-refractivity contribution in [1.82, 2.24) is 0 Å². The second-order valence-electron chi connectivity index (χ2n) is 7.18. The number of carbonyl (C=O) groups is 1. The van der Waals surface area contributed by atoms with Crippen LogP contribution < -0.4 is 0 Å². The predicted molar refractivity (Wildman–Crippen MR) is 75.5 cm³/mol. The van der Waals surface area contributed by atoms with Gasteiger partial charge >= 0.3 is 0 Å². The average Bonchev–Trinajstić information content (AvgIpc) is 2.25. The first-order valence-corrected chi connectivity index (χ1v) is 6.50. The van der Waals surface area contributed by atoms with Crippen molar-refractivity contribution < 1.29 is 9.53 Å². The lowest BCUT2D eigenvalue weighted by molar-refractivity contribution is -0.105. The van der Waals surface area contributed by atoms with Gasteiger partial charge in [-0.3, -0.25) is 4.79 Å². The molecule has 1 atom stereocenters. The Morgan fingerprint density at radius 2 is 1.72 bits per heavy atom. The maximum atomic E-state index is 11.2. The van der Waals surface area contributed by atoms with E-state index in [0.717, 1.165) is 18.3 Å². The molecular formula is C16H26O2. The molecule has 0 aromatic carbocycles. The van der Waals surface area contributed by atoms with Gasteiger partial charge < -0.3 is 4.74 Å². The van der Waals surface area contributed by atoms with Crippen LogP contribution in [-0.4, -0.2) is 19.0 Å². The van der Waals surface area contributed by atoms with Gasteiger partial charge in [-0.25, -0.2) is 0 Å². The summed E-state index contributed by atoms with van der Waals surface area (Å²) in [6, 6.07) is 0. The lowest BCUT2D eigenvalue weighted by atomic mass is 9.68. The summed E-state index contributed by atoms with van der Waals surface area (Å²) in [5.41, 5.74) is 1.55. The van der Waals surface area contributed by atoms with Crippen LogP contribution in [0.3, 0.4) is 0 Å². The minimum Gasteiger partial charge on any atom is -0.369 e. The Kier molecular flexibility index (Phi) is 3.92. The van der Waals surface area contributed by atoms with Crippen LogP contribution in [0.15, 0.2) is 23.3 Å². The van der Waals surface area contributed by atoms with Gasteiger partial charge in [0, 0.05) is 7.11 Å². The van der Waals surface area contributed by atoms with E-state index in [0.29, 0.717) is 0 Å². The lowest BCUT2D eigenvalue weighted by Crippen LogP contribution is -2.44. The largest absolute Gasteiger partial charge is 0.369 e. The highest BCUT2D eigenvalue weighted by Gasteiger charge is 2.42. The molecule has 0 amide bonds. The van der Waals surface area contributed by atoms with Gasteiger partial charge in [0.2, 0.25) is 0 Å². The van der Waals surface area contributed by atoms with Gasteiger partial charge in [0.1, 0.15) is 11.9 Å². The number of ether oxygens (including phenoxy) is 1. The van der Waals surface area contributed by atoms with Crippen molar-refractivity contribution in [2.75, 3.05) is 7.11 Å². The molecule has 102 valence electrons. The monoisotopic (exact) mass is 250 g/mol. The van der Waals surface area contributed by atoms with Crippen LogP contribution in [0, 0.1) is 10.8 Å². The Hall–Kier alpha value is -0.890. The van der Waals surface area contributed by atoms with Gasteiger partial charge in [-0.2, -0.15) is 0 Å². The minimum atomic E-state index is -0.496. The number of hydrogen-bond acceptors (Lipinski definition) is 2. The quantitative estimate of drug-likeness (QED) is 0.548. The van der Waals surface area contributed by atoms with Gasteiger partial charge in [0.15, 0.2) is 0 Å². The first kappa shape index (κ1) is 15.2. The SMILES string of the molecule is COC1(C(C)(C)C)C=C(C=O)CC(C(C)(C)C)=C1. The molecular weight excluding hydrogens is 224 g/mol. The van der Waals surface area contributed by atoms with Crippen molar-refractivity contribution in [3.8, 4) is 0 Å². The molecule has 1 unspecified atom stereocenters. The molecule has 0 bridgehead atoms. The first-order chi connectivity index (χ1) is 8.05. The van der Waals surface area contributed by atoms with Crippen molar-refractivity contribution in [3.63, 3.8) is 0 Å². The van der Waals surface area contributed by atoms with Crippen molar-refractivity contribution in [2.24, 2.45) is 10.8 Å². The Morgan fingerprint density at radius 3 is 2.06 bits per heavy atom. The highest BCUT2D eigenvalue weighted by atomic mass is 16.5. The van der Waals surface area contributed by atoms with Gasteiger partial charge in [-0.1, -0.05) is 47.1 Å². The van der Waals surface area contributed by atoms with E-state index in [2.05, 4.69) is 47.6 Å². The molecule has 0 heterocycles. The Bertz CT molecular complexity index is 388. The third kappa shape index (κ3) is 2.74. The van der Waals surface area contributed by atoms with E-state index in [-0.39, 0.29) is 10.8 Å². The van der Waals surface area contributed by atoms with E-state index >= 15 is 0 Å². The zero-order valence-electron chi connectivity index (χ0n) is 12.8. The van der Waals surface area contributed by atoms with E-state index < -0.39 is 5.60 Å². The second kappa shape index (κ2) is 4.65. The van der Waals surface area contributed by atoms with Crippen LogP contribution in [0.5, 0.6) is 0 Å². The minimum absolute atomic E-state index is 0.0531. The maximum absolute atomic E-state index is 11.2. The molecule has 1 aliphatic carbocycles. The third-order valence-corrected chi connectivity index (χ3v) is 3.81. The standard InChI is InChI=1S/C16H26O2/c1-14(2,3)13-8-12(11-17)9-16(10-13,18-7)15(4,5)6/h9-11H,8H2,1-7H3. The predicted octanol–water partition coefficient (Wildman–Crippen LogP) is 3.92. The molecule has 1 aliphatic rings. The number of aldehydes is 1. The molecule has 0 spiro atoms. The molecule has 0 saturated heterocycles. The summed E-state index contributed by atoms with van der Waals surface area (Å²) in [5, 5.41) is 0. The molecule has 0 N–H and O–H groups in total. The third-order valence-electron chi connectivity index (χ3n) is 3.81. The van der Waals surface area contributed by atoms with Crippen molar-refractivity contribution in [1.29, 1.82) is 0 Å². The first-order valence-electron chi connectivity index (χ1n) is 6.50. The van der Waals surface area contributed by atoms with Gasteiger partial charge in [0.05, 0.1) is 0 Å². The molecule has 1 rings (SSSR count). The normalized spacial score (nSPS) is 25.5. The summed E-state index contributed by atoms with van der Waals surface area (Å²) in [6.07, 6.45) is 5.88. The number of rotatable bonds is 2. The Labute approximate surface area is 111 Å². The van der Waals surface area contributed by atoms with Crippen LogP contribution in [-0.2, 0) is 9.53 Å². The van der Waals surface area contributed by atoms with Crippen LogP contribution in [0.4, 0.5) is 0 Å². The number of carbonyl (C=O) groups excluding carboxylic acids is 1. The van der Waals surface area contributed by atoms with Crippen LogP contribution >= 0.6 is 0 Å². The summed E-state index contributed by atoms with van der Waals surface area (Å²) in [4.78, 5) is 11.2. The van der Waals surface area contributed by atoms with Gasteiger partial charge in [-0.05, 0) is 35.0 Å². The average molecular weight is 250 g/mol. The van der Waals surface area contributed by atoms with Gasteiger partial charge in [0.25, 0.3) is 0 Å². The fourth-order valence-electron chi connectivity index (χ4n) is 2.31. The van der Waals surface area contributed by atoms with E-state index in [9.17, 15) is 4.79 Å². The number of methoxy groups -OCH3 is 1. The Morgan fingerprint density at radius 1 is 1.17 bits per heavy atom. The molecule has 0 aliphatic heterocycles. The van der Waals surface area contributed by atoms with E-state index in [1.54, 1.807) is 7.11 Å². The zero-order chi connectivity index (χ0) is 14.2. The molecule has 0 aromatic heterocycles. The smallest absolute Gasteiger partial charge is 0.146 e. The molecule has 2 heteroatoms. The van der Waals surface area contributed by atoms with Crippen LogP contribution in [0.1, 0.15) is 48.0 Å². The topological polar surface area (TPSA) is 26.3 Å². The molecule has 0 aromatic rings. The van der Waals surface area contributed by atoms with Crippen molar-refractivity contribution in [2.45, 2.75) is 53.6 Å². The van der Waals surface area contributed by atoms with Crippen LogP contribution in [0.2, 0.25) is 0 Å². The van der Waals surface area contributed by atoms with Crippen molar-refractivity contribution >= 4 is 6.29 Å². The van der Waals surface area contributed by atoms with Crippen molar-refractivity contribution in [3.05, 3.63) is 23.3 Å². The summed E-state index contributed by atoms with van der Waals surface area (Å²) in [5.74, 6) is 0.